The van der Waals surface area contributed by atoms with Gasteiger partial charge in [0, 0.05) is 5.56 Å². The predicted molar refractivity (Wildman–Crippen MR) is 67.5 cm³/mol. The van der Waals surface area contributed by atoms with E-state index in [-0.39, 0.29) is 25.4 Å². The maximum atomic E-state index is 13.8. The van der Waals surface area contributed by atoms with Crippen LogP contribution < -0.4 is 0 Å². The number of aromatic nitrogens is 2. The molecule has 0 aliphatic carbocycles. The second-order valence-corrected chi connectivity index (χ2v) is 4.80. The van der Waals surface area contributed by atoms with Crippen LogP contribution in [-0.4, -0.2) is 10.2 Å². The molecule has 2 nitrogen and oxygen atoms in total. The third-order valence-corrected chi connectivity index (χ3v) is 3.20. The van der Waals surface area contributed by atoms with E-state index in [1.54, 1.807) is 0 Å². The van der Waals surface area contributed by atoms with Gasteiger partial charge in [0.25, 0.3) is 0 Å². The van der Waals surface area contributed by atoms with E-state index in [2.05, 4.69) is 26.1 Å². The van der Waals surface area contributed by atoms with Crippen molar-refractivity contribution in [3.63, 3.8) is 0 Å². The largest absolute Gasteiger partial charge is 0.266 e. The van der Waals surface area contributed by atoms with Gasteiger partial charge in [0.05, 0.1) is 10.0 Å². The van der Waals surface area contributed by atoms with Crippen LogP contribution in [0.15, 0.2) is 22.7 Å². The first kappa shape index (κ1) is 12.6. The smallest absolute Gasteiger partial charge is 0.150 e. The summed E-state index contributed by atoms with van der Waals surface area (Å²) < 4.78 is 27.8. The van der Waals surface area contributed by atoms with Crippen LogP contribution in [0.25, 0.3) is 11.1 Å². The molecule has 0 bridgehead atoms. The quantitative estimate of drug-likeness (QED) is 0.613. The number of aromatic amines is 1. The van der Waals surface area contributed by atoms with Gasteiger partial charge in [-0.25, -0.2) is 8.78 Å². The molecule has 0 amide bonds. The van der Waals surface area contributed by atoms with E-state index in [9.17, 15) is 8.78 Å². The van der Waals surface area contributed by atoms with Gasteiger partial charge in [-0.2, -0.15) is 5.10 Å². The van der Waals surface area contributed by atoms with Crippen molar-refractivity contribution in [3.05, 3.63) is 44.1 Å². The van der Waals surface area contributed by atoms with Crippen LogP contribution in [0.5, 0.6) is 0 Å². The van der Waals surface area contributed by atoms with Crippen LogP contribution in [0.2, 0.25) is 5.15 Å². The van der Waals surface area contributed by atoms with E-state index in [1.807, 2.05) is 0 Å². The molecular weight excluding hydrogens is 334 g/mol. The molecule has 0 unspecified atom stereocenters. The highest BCUT2D eigenvalue weighted by molar-refractivity contribution is 9.10. The minimum absolute atomic E-state index is 0.0763. The second-order valence-electron chi connectivity index (χ2n) is 3.15. The Morgan fingerprint density at radius 2 is 2.06 bits per heavy atom. The zero-order valence-electron chi connectivity index (χ0n) is 8.10. The molecule has 2 aromatic rings. The molecule has 1 N–H and O–H groups in total. The van der Waals surface area contributed by atoms with Gasteiger partial charge in [-0.1, -0.05) is 23.8 Å². The van der Waals surface area contributed by atoms with E-state index in [4.69, 9.17) is 23.8 Å². The lowest BCUT2D eigenvalue weighted by atomic mass is 10.1. The highest BCUT2D eigenvalue weighted by atomic mass is 79.9. The van der Waals surface area contributed by atoms with E-state index in [1.165, 1.54) is 12.1 Å². The monoisotopic (exact) mass is 336 g/mol. The van der Waals surface area contributed by atoms with E-state index >= 15 is 0 Å². The molecule has 0 saturated carbocycles. The van der Waals surface area contributed by atoms with Gasteiger partial charge in [-0.3, -0.25) is 5.10 Å². The fourth-order valence-corrected chi connectivity index (χ4v) is 2.03. The van der Waals surface area contributed by atoms with Crippen molar-refractivity contribution in [1.82, 2.24) is 10.2 Å². The summed E-state index contributed by atoms with van der Waals surface area (Å²) in [5.74, 6) is -1.45. The molecule has 0 radical (unpaired) electrons. The molecule has 7 heteroatoms. The minimum Gasteiger partial charge on any atom is -0.266 e. The fraction of sp³-hybridized carbons (Fsp3) is 0. The van der Waals surface area contributed by atoms with Crippen LogP contribution in [0.4, 0.5) is 8.78 Å². The molecule has 0 atom stereocenters. The Morgan fingerprint density at radius 3 is 2.76 bits per heavy atom. The average molecular weight is 338 g/mol. The SMILES string of the molecule is Fc1ccc(Br)c(F)c1-c1cc(Cl)n[nH]c1=S. The number of hydrogen-bond donors (Lipinski definition) is 1. The number of nitrogens with one attached hydrogen (secondary N) is 1. The zero-order chi connectivity index (χ0) is 12.6. The van der Waals surface area contributed by atoms with Crippen LogP contribution in [0.3, 0.4) is 0 Å². The average Bonchev–Trinajstić information content (AvgIpc) is 2.29. The third kappa shape index (κ3) is 2.38. The highest BCUT2D eigenvalue weighted by Crippen LogP contribution is 2.31. The van der Waals surface area contributed by atoms with Crippen molar-refractivity contribution < 1.29 is 8.78 Å². The molecule has 1 heterocycles. The second kappa shape index (κ2) is 4.80. The lowest BCUT2D eigenvalue weighted by molar-refractivity contribution is 0.585. The van der Waals surface area contributed by atoms with Gasteiger partial charge >= 0.3 is 0 Å². The fourth-order valence-electron chi connectivity index (χ4n) is 1.34. The molecule has 0 spiro atoms. The molecule has 17 heavy (non-hydrogen) atoms. The molecule has 0 fully saturated rings. The number of H-pyrrole nitrogens is 1. The summed E-state index contributed by atoms with van der Waals surface area (Å²) in [6.45, 7) is 0. The van der Waals surface area contributed by atoms with Crippen molar-refractivity contribution in [2.75, 3.05) is 0 Å². The summed E-state index contributed by atoms with van der Waals surface area (Å²) in [6, 6.07) is 3.74. The van der Waals surface area contributed by atoms with Gasteiger partial charge in [0.15, 0.2) is 0 Å². The lowest BCUT2D eigenvalue weighted by Crippen LogP contribution is -1.95. The Bertz CT molecular complexity index is 645. The Balaban J connectivity index is 2.81. The molecule has 1 aromatic carbocycles. The highest BCUT2D eigenvalue weighted by Gasteiger charge is 2.16. The first-order valence-electron chi connectivity index (χ1n) is 4.40. The van der Waals surface area contributed by atoms with Gasteiger partial charge in [0.1, 0.15) is 21.4 Å². The van der Waals surface area contributed by atoms with Crippen LogP contribution in [0, 0.1) is 16.3 Å². The Morgan fingerprint density at radius 1 is 1.35 bits per heavy atom. The Labute approximate surface area is 114 Å². The number of nitrogens with zero attached hydrogens (tertiary/aromatic N) is 1. The number of hydrogen-bond acceptors (Lipinski definition) is 2. The molecule has 1 aromatic heterocycles. The normalized spacial score (nSPS) is 10.6. The summed E-state index contributed by atoms with van der Waals surface area (Å²) >= 11 is 13.6. The first-order chi connectivity index (χ1) is 8.00. The summed E-state index contributed by atoms with van der Waals surface area (Å²) in [7, 11) is 0. The maximum Gasteiger partial charge on any atom is 0.150 e. The van der Waals surface area contributed by atoms with Crippen molar-refractivity contribution in [2.24, 2.45) is 0 Å². The van der Waals surface area contributed by atoms with Gasteiger partial charge in [0.2, 0.25) is 0 Å². The van der Waals surface area contributed by atoms with Crippen molar-refractivity contribution in [3.8, 4) is 11.1 Å². The molecule has 0 aliphatic rings. The van der Waals surface area contributed by atoms with Gasteiger partial charge in [-0.15, -0.1) is 0 Å². The van der Waals surface area contributed by atoms with E-state index in [0.29, 0.717) is 0 Å². The topological polar surface area (TPSA) is 28.7 Å². The maximum absolute atomic E-state index is 13.8. The third-order valence-electron chi connectivity index (χ3n) is 2.09. The zero-order valence-corrected chi connectivity index (χ0v) is 11.3. The summed E-state index contributed by atoms with van der Waals surface area (Å²) in [6.07, 6.45) is 0. The molecule has 2 rings (SSSR count). The van der Waals surface area contributed by atoms with Gasteiger partial charge in [-0.05, 0) is 34.1 Å². The molecule has 0 saturated heterocycles. The molecular formula is C10H4BrClF2N2S. The van der Waals surface area contributed by atoms with Crippen LogP contribution >= 0.6 is 39.7 Å². The number of halogens is 4. The first-order valence-corrected chi connectivity index (χ1v) is 5.97. The van der Waals surface area contributed by atoms with E-state index < -0.39 is 11.6 Å². The number of benzene rings is 1. The van der Waals surface area contributed by atoms with Crippen molar-refractivity contribution >= 4 is 39.7 Å². The Kier molecular flexibility index (Phi) is 3.56. The number of rotatable bonds is 1. The standard InChI is InChI=1S/C10H4BrClF2N2S/c11-5-1-2-6(13)8(9(5)14)4-3-7(12)15-16-10(4)17/h1-3H,(H,16,17). The van der Waals surface area contributed by atoms with Crippen LogP contribution in [0.1, 0.15) is 0 Å². The van der Waals surface area contributed by atoms with Gasteiger partial charge < -0.3 is 0 Å². The summed E-state index contributed by atoms with van der Waals surface area (Å²) in [5, 5.41) is 6.13. The minimum atomic E-state index is -0.730. The van der Waals surface area contributed by atoms with Crippen LogP contribution in [-0.2, 0) is 0 Å². The predicted octanol–water partition coefficient (Wildman–Crippen LogP) is 4.50. The van der Waals surface area contributed by atoms with Crippen molar-refractivity contribution in [2.45, 2.75) is 0 Å². The Hall–Kier alpha value is -0.850. The summed E-state index contributed by atoms with van der Waals surface area (Å²) in [4.78, 5) is 0. The van der Waals surface area contributed by atoms with E-state index in [0.717, 1.165) is 6.07 Å². The summed E-state index contributed by atoms with van der Waals surface area (Å²) in [5.41, 5.74) is -0.0683. The van der Waals surface area contributed by atoms with Crippen molar-refractivity contribution in [1.29, 1.82) is 0 Å². The lowest BCUT2D eigenvalue weighted by Gasteiger charge is -2.06. The molecule has 0 aliphatic heterocycles. The molecule has 88 valence electrons.